The number of anilines is 1. The molecular formula is C60H97N9O11. The van der Waals surface area contributed by atoms with Crippen molar-refractivity contribution < 1.29 is 52.6 Å². The predicted molar refractivity (Wildman–Crippen MR) is 310 cm³/mol. The van der Waals surface area contributed by atoms with Gasteiger partial charge in [-0.05, 0) is 86.1 Å². The molecule has 3 rings (SSSR count). The zero-order valence-corrected chi connectivity index (χ0v) is 50.5. The highest BCUT2D eigenvalue weighted by Crippen LogP contribution is 2.30. The van der Waals surface area contributed by atoms with E-state index in [1.54, 1.807) is 35.9 Å². The van der Waals surface area contributed by atoms with Gasteiger partial charge in [0.25, 0.3) is 0 Å². The summed E-state index contributed by atoms with van der Waals surface area (Å²) in [7, 11) is 7.92. The van der Waals surface area contributed by atoms with Crippen LogP contribution in [0.2, 0.25) is 0 Å². The first-order valence-corrected chi connectivity index (χ1v) is 28.6. The monoisotopic (exact) mass is 1120 g/mol. The van der Waals surface area contributed by atoms with Crippen LogP contribution in [0.3, 0.4) is 0 Å². The lowest BCUT2D eigenvalue weighted by Gasteiger charge is -2.41. The number of hydrogen-bond donors (Lipinski definition) is 6. The number of nitrogens with one attached hydrogen (secondary N) is 5. The van der Waals surface area contributed by atoms with Crippen LogP contribution in [0.4, 0.5) is 10.5 Å². The summed E-state index contributed by atoms with van der Waals surface area (Å²) in [4.78, 5) is 113. The molecular weight excluding hydrogens is 1020 g/mol. The number of esters is 1. The number of carbonyl (C=O) groups is 8. The van der Waals surface area contributed by atoms with Crippen molar-refractivity contribution in [1.82, 2.24) is 36.0 Å². The maximum Gasteiger partial charge on any atom is 0.328 e. The molecule has 2 aromatic carbocycles. The van der Waals surface area contributed by atoms with Crippen molar-refractivity contribution in [1.29, 1.82) is 0 Å². The van der Waals surface area contributed by atoms with Gasteiger partial charge in [0.15, 0.2) is 0 Å². The lowest BCUT2D eigenvalue weighted by Crippen LogP contribution is -2.60. The van der Waals surface area contributed by atoms with E-state index in [0.717, 1.165) is 11.1 Å². The summed E-state index contributed by atoms with van der Waals surface area (Å²) in [6.45, 7) is 20.4. The number of ether oxygens (including phenoxy) is 3. The van der Waals surface area contributed by atoms with Crippen LogP contribution in [0.15, 0.2) is 54.6 Å². The molecule has 1 saturated heterocycles. The molecule has 11 atom stereocenters. The van der Waals surface area contributed by atoms with Crippen molar-refractivity contribution in [3.63, 3.8) is 0 Å². The average molecular weight is 1120 g/mol. The van der Waals surface area contributed by atoms with Gasteiger partial charge >= 0.3 is 12.0 Å². The maximum atomic E-state index is 14.8. The van der Waals surface area contributed by atoms with Gasteiger partial charge in [-0.2, -0.15) is 0 Å². The summed E-state index contributed by atoms with van der Waals surface area (Å²) in [5, 5.41) is 14.3. The largest absolute Gasteiger partial charge is 0.467 e. The summed E-state index contributed by atoms with van der Waals surface area (Å²) in [5.74, 6) is -3.90. The fourth-order valence-corrected chi connectivity index (χ4v) is 10.6. The van der Waals surface area contributed by atoms with E-state index in [2.05, 4.69) is 26.6 Å². The highest BCUT2D eigenvalue weighted by atomic mass is 16.5. The second kappa shape index (κ2) is 33.6. The van der Waals surface area contributed by atoms with Crippen LogP contribution in [0.1, 0.15) is 119 Å². The zero-order chi connectivity index (χ0) is 60.0. The number of benzene rings is 2. The number of methoxy groups -OCH3 is 3. The third kappa shape index (κ3) is 20.1. The smallest absolute Gasteiger partial charge is 0.328 e. The molecule has 0 saturated carbocycles. The fraction of sp³-hybridized carbons (Fsp3) is 0.667. The van der Waals surface area contributed by atoms with E-state index in [-0.39, 0.29) is 84.9 Å². The molecule has 448 valence electrons. The molecule has 1 heterocycles. The number of carbonyl (C=O) groups excluding carboxylic acids is 8. The van der Waals surface area contributed by atoms with E-state index in [0.29, 0.717) is 50.9 Å². The van der Waals surface area contributed by atoms with Crippen molar-refractivity contribution in [2.45, 2.75) is 169 Å². The van der Waals surface area contributed by atoms with Crippen molar-refractivity contribution >= 4 is 53.1 Å². The number of nitrogens with zero attached hydrogens (tertiary/aromatic N) is 3. The molecule has 8 amide bonds. The Labute approximate surface area is 476 Å². The normalized spacial score (nSPS) is 17.3. The Morgan fingerprint density at radius 1 is 0.725 bits per heavy atom. The minimum atomic E-state index is -0.926. The minimum Gasteiger partial charge on any atom is -0.467 e. The molecule has 2 aromatic rings. The van der Waals surface area contributed by atoms with Crippen molar-refractivity contribution in [2.75, 3.05) is 60.4 Å². The number of likely N-dealkylation sites (N-methyl/N-ethyl adjacent to an activating group) is 2. The van der Waals surface area contributed by atoms with Crippen molar-refractivity contribution in [2.24, 2.45) is 41.2 Å². The lowest BCUT2D eigenvalue weighted by molar-refractivity contribution is -0.149. The lowest BCUT2D eigenvalue weighted by atomic mass is 9.89. The van der Waals surface area contributed by atoms with E-state index in [1.165, 1.54) is 21.3 Å². The molecule has 0 aromatic heterocycles. The molecule has 7 N–H and O–H groups in total. The van der Waals surface area contributed by atoms with Crippen LogP contribution >= 0.6 is 0 Å². The van der Waals surface area contributed by atoms with E-state index < -0.39 is 72.3 Å². The third-order valence-corrected chi connectivity index (χ3v) is 15.9. The molecule has 0 aliphatic carbocycles. The second-order valence-electron chi connectivity index (χ2n) is 22.7. The quantitative estimate of drug-likeness (QED) is 0.0393. The van der Waals surface area contributed by atoms with Crippen molar-refractivity contribution in [3.8, 4) is 0 Å². The highest BCUT2D eigenvalue weighted by Gasteiger charge is 2.44. The third-order valence-electron chi connectivity index (χ3n) is 15.9. The van der Waals surface area contributed by atoms with Gasteiger partial charge in [-0.3, -0.25) is 33.7 Å². The molecule has 1 aliphatic heterocycles. The summed E-state index contributed by atoms with van der Waals surface area (Å²) in [6.07, 6.45) is 2.02. The molecule has 1 fully saturated rings. The SMILES string of the molecule is CC[C@H](C)[C@@H]([C@@H](CC(=O)N1CCC[C@H]1[C@H](OC)[C@@H](C)C(=O)N[C@@H](Cc1ccccc1)C(=O)OC)OC)N(C)C(=O)[C@@H](NC(=O)[C@H](C(C)C)N(C)CCc1ccc(NC(=O)[C@H](CCCNC(N)=O)NC(=O)[C@@H](C)C(C)C)cc1)C(C)C. The van der Waals surface area contributed by atoms with Crippen LogP contribution in [-0.2, 0) is 60.6 Å². The van der Waals surface area contributed by atoms with Gasteiger partial charge in [0.1, 0.15) is 18.1 Å². The molecule has 0 radical (unpaired) electrons. The standard InChI is InChI=1S/C60H97N9O11/c1-16-39(8)52(48(78-13)35-49(70)69-32-21-25-47(69)53(79-14)41(10)55(72)65-46(59(76)80-15)34-43-22-18-17-19-23-43)68(12)58(75)50(37(4)5)66-57(74)51(38(6)7)67(11)33-30-42-26-28-44(29-27-42)63-56(73)45(24-20-31-62-60(61)77)64-54(71)40(9)36(2)3/h17-19,22-23,26-29,36-41,45-48,50-53H,16,20-21,24-25,30-35H2,1-15H3,(H,63,73)(H,64,71)(H,65,72)(H,66,74)(H3,61,62,77)/t39-,40-,41+,45-,46-,47-,48+,50-,51-,52-,53+/m0/s1. The number of nitrogens with two attached hydrogens (primary N) is 1. The van der Waals surface area contributed by atoms with Crippen LogP contribution < -0.4 is 32.3 Å². The van der Waals surface area contributed by atoms with Gasteiger partial charge in [0.05, 0.1) is 49.8 Å². The summed E-state index contributed by atoms with van der Waals surface area (Å²) < 4.78 is 17.1. The van der Waals surface area contributed by atoms with Gasteiger partial charge in [0, 0.05) is 58.9 Å². The Bertz CT molecular complexity index is 2300. The molecule has 0 spiro atoms. The first-order chi connectivity index (χ1) is 37.8. The Balaban J connectivity index is 1.72. The molecule has 1 aliphatic rings. The second-order valence-corrected chi connectivity index (χ2v) is 22.7. The summed E-state index contributed by atoms with van der Waals surface area (Å²) in [6, 6.07) is 11.8. The van der Waals surface area contributed by atoms with Gasteiger partial charge in [-0.1, -0.05) is 118 Å². The summed E-state index contributed by atoms with van der Waals surface area (Å²) >= 11 is 0. The van der Waals surface area contributed by atoms with Gasteiger partial charge in [-0.15, -0.1) is 0 Å². The molecule has 20 heteroatoms. The van der Waals surface area contributed by atoms with E-state index in [9.17, 15) is 38.4 Å². The van der Waals surface area contributed by atoms with Crippen molar-refractivity contribution in [3.05, 3.63) is 65.7 Å². The maximum absolute atomic E-state index is 14.8. The topological polar surface area (TPSA) is 260 Å². The van der Waals surface area contributed by atoms with Crippen LogP contribution in [-0.4, -0.2) is 166 Å². The Morgan fingerprint density at radius 3 is 1.90 bits per heavy atom. The zero-order valence-electron chi connectivity index (χ0n) is 50.5. The number of primary amides is 1. The van der Waals surface area contributed by atoms with E-state index in [1.807, 2.05) is 117 Å². The first-order valence-electron chi connectivity index (χ1n) is 28.6. The number of rotatable bonds is 33. The highest BCUT2D eigenvalue weighted by molar-refractivity contribution is 5.97. The molecule has 0 unspecified atom stereocenters. The number of urea groups is 1. The first kappa shape index (κ1) is 68.2. The van der Waals surface area contributed by atoms with Gasteiger partial charge < -0.3 is 56.3 Å². The molecule has 80 heavy (non-hydrogen) atoms. The van der Waals surface area contributed by atoms with Crippen LogP contribution in [0, 0.1) is 35.5 Å². The summed E-state index contributed by atoms with van der Waals surface area (Å²) in [5.41, 5.74) is 7.56. The number of likely N-dealkylation sites (tertiary alicyclic amines) is 1. The minimum absolute atomic E-state index is 0.0502. The Hall–Kier alpha value is -6.12. The Morgan fingerprint density at radius 2 is 1.35 bits per heavy atom. The fourth-order valence-electron chi connectivity index (χ4n) is 10.6. The molecule has 20 nitrogen and oxygen atoms in total. The van der Waals surface area contributed by atoms with Gasteiger partial charge in [0.2, 0.25) is 35.4 Å². The predicted octanol–water partition coefficient (Wildman–Crippen LogP) is 5.31. The Kier molecular flexibility index (Phi) is 28.6. The number of hydrogen-bond acceptors (Lipinski definition) is 12. The van der Waals surface area contributed by atoms with Crippen LogP contribution in [0.25, 0.3) is 0 Å². The van der Waals surface area contributed by atoms with E-state index >= 15 is 0 Å². The van der Waals surface area contributed by atoms with E-state index in [4.69, 9.17) is 19.9 Å². The van der Waals surface area contributed by atoms with Gasteiger partial charge in [-0.25, -0.2) is 9.59 Å². The van der Waals surface area contributed by atoms with Crippen LogP contribution in [0.5, 0.6) is 0 Å². The average Bonchev–Trinajstić information content (AvgIpc) is 3.97. The number of amides is 8. The molecule has 0 bridgehead atoms.